The lowest BCUT2D eigenvalue weighted by atomic mass is 9.84. The van der Waals surface area contributed by atoms with Gasteiger partial charge in [0.25, 0.3) is 0 Å². The van der Waals surface area contributed by atoms with Gasteiger partial charge in [-0.2, -0.15) is 4.98 Å². The van der Waals surface area contributed by atoms with Crippen LogP contribution in [0.2, 0.25) is 0 Å². The monoisotopic (exact) mass is 468 g/mol. The van der Waals surface area contributed by atoms with Crippen LogP contribution in [-0.4, -0.2) is 28.1 Å². The van der Waals surface area contributed by atoms with Crippen molar-refractivity contribution in [1.29, 1.82) is 0 Å². The number of anilines is 1. The second kappa shape index (κ2) is 8.25. The van der Waals surface area contributed by atoms with Gasteiger partial charge in [0.2, 0.25) is 11.1 Å². The molecule has 0 saturated carbocycles. The maximum atomic E-state index is 6.68. The third-order valence-corrected chi connectivity index (χ3v) is 6.89. The molecule has 0 spiro atoms. The number of aryl methyl sites for hydroxylation is 1. The van der Waals surface area contributed by atoms with E-state index in [1.165, 1.54) is 17.3 Å². The molecule has 0 saturated heterocycles. The van der Waals surface area contributed by atoms with Crippen molar-refractivity contribution >= 4 is 23.4 Å². The van der Waals surface area contributed by atoms with Crippen LogP contribution in [0.25, 0.3) is 5.70 Å². The molecule has 6 nitrogen and oxygen atoms in total. The maximum absolute atomic E-state index is 6.68. The molecule has 1 aromatic heterocycles. The molecule has 0 fully saturated rings. The molecule has 2 aliphatic heterocycles. The quantitative estimate of drug-likeness (QED) is 0.378. The van der Waals surface area contributed by atoms with Gasteiger partial charge in [0.05, 0.1) is 12.8 Å². The Hall–Kier alpha value is -3.71. The first-order valence-corrected chi connectivity index (χ1v) is 12.4. The largest absolute Gasteiger partial charge is 0.497 e. The maximum Gasteiger partial charge on any atom is 0.227 e. The number of hydrogen-bond acceptors (Lipinski definition) is 6. The molecule has 6 rings (SSSR count). The molecular weight excluding hydrogens is 444 g/mol. The highest BCUT2D eigenvalue weighted by Gasteiger charge is 2.41. The van der Waals surface area contributed by atoms with Gasteiger partial charge < -0.3 is 14.8 Å². The highest BCUT2D eigenvalue weighted by atomic mass is 32.2. The van der Waals surface area contributed by atoms with Gasteiger partial charge in [-0.25, -0.2) is 4.68 Å². The fourth-order valence-electron chi connectivity index (χ4n) is 4.67. The van der Waals surface area contributed by atoms with E-state index in [0.29, 0.717) is 0 Å². The third kappa shape index (κ3) is 3.35. The number of fused-ring (bicyclic) bond motifs is 3. The summed E-state index contributed by atoms with van der Waals surface area (Å²) in [6, 6.07) is 24.7. The molecule has 3 aromatic carbocycles. The molecular formula is C27H24N4O2S. The molecule has 4 aromatic rings. The van der Waals surface area contributed by atoms with Crippen LogP contribution in [0.5, 0.6) is 11.5 Å². The van der Waals surface area contributed by atoms with Crippen LogP contribution in [0.1, 0.15) is 34.4 Å². The Labute approximate surface area is 202 Å². The Balaban J connectivity index is 1.60. The average Bonchev–Trinajstić information content (AvgIpc) is 3.30. The molecule has 0 radical (unpaired) electrons. The number of thioether (sulfide) groups is 1. The normalized spacial score (nSPS) is 18.3. The summed E-state index contributed by atoms with van der Waals surface area (Å²) in [5, 5.41) is 9.17. The topological polar surface area (TPSA) is 61.2 Å². The number of rotatable bonds is 4. The van der Waals surface area contributed by atoms with E-state index in [9.17, 15) is 0 Å². The van der Waals surface area contributed by atoms with Crippen LogP contribution in [0.15, 0.2) is 83.5 Å². The lowest BCUT2D eigenvalue weighted by molar-refractivity contribution is 0.222. The zero-order valence-electron chi connectivity index (χ0n) is 19.1. The highest BCUT2D eigenvalue weighted by molar-refractivity contribution is 7.98. The minimum absolute atomic E-state index is 0.166. The molecule has 34 heavy (non-hydrogen) atoms. The van der Waals surface area contributed by atoms with Crippen LogP contribution in [0.4, 0.5) is 5.95 Å². The number of methoxy groups -OCH3 is 1. The number of benzene rings is 3. The van der Waals surface area contributed by atoms with E-state index < -0.39 is 0 Å². The first-order valence-electron chi connectivity index (χ1n) is 11.1. The molecule has 2 atom stereocenters. The molecule has 2 aliphatic rings. The zero-order valence-corrected chi connectivity index (χ0v) is 20.0. The van der Waals surface area contributed by atoms with Crippen LogP contribution in [-0.2, 0) is 0 Å². The second-order valence-electron chi connectivity index (χ2n) is 8.40. The van der Waals surface area contributed by atoms with Crippen molar-refractivity contribution in [3.05, 3.63) is 101 Å². The van der Waals surface area contributed by atoms with Gasteiger partial charge >= 0.3 is 0 Å². The first kappa shape index (κ1) is 20.9. The smallest absolute Gasteiger partial charge is 0.227 e. The first-order chi connectivity index (χ1) is 16.7. The zero-order chi connectivity index (χ0) is 23.2. The SMILES string of the molecule is COc1ccc([C@H]2Oc3ccccc3C3=C2[C@H](c2ccc(C)cc2)n2nc(SC)nc2N3)cc1. The molecule has 0 amide bonds. The average molecular weight is 469 g/mol. The van der Waals surface area contributed by atoms with Crippen LogP contribution in [0.3, 0.4) is 0 Å². The summed E-state index contributed by atoms with van der Waals surface area (Å²) in [6.07, 6.45) is 1.69. The number of aromatic nitrogens is 3. The van der Waals surface area contributed by atoms with Crippen molar-refractivity contribution < 1.29 is 9.47 Å². The molecule has 3 heterocycles. The number of para-hydroxylation sites is 1. The van der Waals surface area contributed by atoms with E-state index in [1.54, 1.807) is 7.11 Å². The molecule has 7 heteroatoms. The van der Waals surface area contributed by atoms with Gasteiger partial charge in [-0.1, -0.05) is 65.9 Å². The predicted molar refractivity (Wildman–Crippen MR) is 134 cm³/mol. The number of hydrogen-bond donors (Lipinski definition) is 1. The molecule has 0 bridgehead atoms. The lowest BCUT2D eigenvalue weighted by Gasteiger charge is -2.39. The van der Waals surface area contributed by atoms with Gasteiger partial charge in [-0.05, 0) is 48.6 Å². The summed E-state index contributed by atoms with van der Waals surface area (Å²) in [5.41, 5.74) is 6.57. The van der Waals surface area contributed by atoms with Gasteiger partial charge in [0.1, 0.15) is 23.6 Å². The molecule has 170 valence electrons. The summed E-state index contributed by atoms with van der Waals surface area (Å²) < 4.78 is 14.1. The van der Waals surface area contributed by atoms with Crippen molar-refractivity contribution in [3.8, 4) is 11.5 Å². The molecule has 0 unspecified atom stereocenters. The van der Waals surface area contributed by atoms with E-state index >= 15 is 0 Å². The summed E-state index contributed by atoms with van der Waals surface area (Å²) in [5.74, 6) is 2.39. The minimum Gasteiger partial charge on any atom is -0.497 e. The Morgan fingerprint density at radius 2 is 1.71 bits per heavy atom. The van der Waals surface area contributed by atoms with Crippen molar-refractivity contribution in [2.75, 3.05) is 18.7 Å². The van der Waals surface area contributed by atoms with E-state index in [4.69, 9.17) is 19.6 Å². The van der Waals surface area contributed by atoms with E-state index in [0.717, 1.165) is 50.6 Å². The lowest BCUT2D eigenvalue weighted by Crippen LogP contribution is -2.32. The summed E-state index contributed by atoms with van der Waals surface area (Å²) in [4.78, 5) is 4.76. The van der Waals surface area contributed by atoms with Crippen molar-refractivity contribution in [3.63, 3.8) is 0 Å². The fourth-order valence-corrected chi connectivity index (χ4v) is 5.01. The van der Waals surface area contributed by atoms with E-state index in [2.05, 4.69) is 54.7 Å². The summed E-state index contributed by atoms with van der Waals surface area (Å²) >= 11 is 1.54. The van der Waals surface area contributed by atoms with Crippen LogP contribution >= 0.6 is 11.8 Å². The van der Waals surface area contributed by atoms with Gasteiger partial charge in [-0.15, -0.1) is 5.10 Å². The van der Waals surface area contributed by atoms with Crippen LogP contribution < -0.4 is 14.8 Å². The number of ether oxygens (including phenoxy) is 2. The molecule has 1 N–H and O–H groups in total. The van der Waals surface area contributed by atoms with E-state index in [-0.39, 0.29) is 12.1 Å². The van der Waals surface area contributed by atoms with Crippen molar-refractivity contribution in [2.24, 2.45) is 0 Å². The Morgan fingerprint density at radius 1 is 0.971 bits per heavy atom. The highest BCUT2D eigenvalue weighted by Crippen LogP contribution is 2.51. The van der Waals surface area contributed by atoms with E-state index in [1.807, 2.05) is 41.3 Å². The summed E-state index contributed by atoms with van der Waals surface area (Å²) in [7, 11) is 1.68. The third-order valence-electron chi connectivity index (χ3n) is 6.35. The minimum atomic E-state index is -0.301. The Kier molecular flexibility index (Phi) is 5.07. The van der Waals surface area contributed by atoms with Crippen molar-refractivity contribution in [2.45, 2.75) is 24.2 Å². The van der Waals surface area contributed by atoms with Gasteiger partial charge in [0.15, 0.2) is 0 Å². The number of nitrogens with one attached hydrogen (secondary N) is 1. The van der Waals surface area contributed by atoms with Gasteiger partial charge in [0, 0.05) is 11.1 Å². The van der Waals surface area contributed by atoms with Crippen LogP contribution in [0, 0.1) is 6.92 Å². The Bertz CT molecular complexity index is 1390. The van der Waals surface area contributed by atoms with Gasteiger partial charge in [-0.3, -0.25) is 0 Å². The molecule has 0 aliphatic carbocycles. The van der Waals surface area contributed by atoms with Crippen molar-refractivity contribution in [1.82, 2.24) is 14.8 Å². The number of nitrogens with zero attached hydrogens (tertiary/aromatic N) is 3. The predicted octanol–water partition coefficient (Wildman–Crippen LogP) is 5.88. The Morgan fingerprint density at radius 3 is 2.44 bits per heavy atom. The fraction of sp³-hybridized carbons (Fsp3) is 0.185. The summed E-state index contributed by atoms with van der Waals surface area (Å²) in [6.45, 7) is 2.10. The second-order valence-corrected chi connectivity index (χ2v) is 9.18. The standard InChI is InChI=1S/C27H24N4O2S/c1-16-8-10-17(11-9-16)24-22-23(28-26-29-27(34-3)30-31(24)26)20-6-4-5-7-21(20)33-25(22)18-12-14-19(32-2)15-13-18/h4-15,24-25H,1-3H3,(H,28,29,30)/t24-,25+/m0/s1.